The van der Waals surface area contributed by atoms with E-state index in [1.807, 2.05) is 0 Å². The second-order valence-corrected chi connectivity index (χ2v) is 21.2. The molecule has 0 saturated heterocycles. The number of hydrogen-bond acceptors (Lipinski definition) is 10. The monoisotopic (exact) mass is 930 g/mol. The Morgan fingerprint density at radius 3 is 1.37 bits per heavy atom. The molecule has 2 unspecified atom stereocenters. The summed E-state index contributed by atoms with van der Waals surface area (Å²) < 4.78 is 49.1. The van der Waals surface area contributed by atoms with Crippen LogP contribution in [0.4, 0.5) is 5.95 Å². The molecule has 0 amide bonds. The number of fused-ring (bicyclic) bond motifs is 1. The van der Waals surface area contributed by atoms with Crippen LogP contribution in [0.3, 0.4) is 0 Å². The van der Waals surface area contributed by atoms with Gasteiger partial charge in [0.25, 0.3) is 5.56 Å². The molecule has 2 heterocycles. The number of unbranched alkanes of at least 4 members (excludes halogenated alkanes) is 30. The summed E-state index contributed by atoms with van der Waals surface area (Å²) in [6.07, 6.45) is 41.5. The van der Waals surface area contributed by atoms with E-state index in [-0.39, 0.29) is 55.5 Å². The van der Waals surface area contributed by atoms with Crippen molar-refractivity contribution in [1.82, 2.24) is 19.5 Å². The first-order valence-electron chi connectivity index (χ1n) is 25.5. The topological polar surface area (TPSA) is 201 Å². The van der Waals surface area contributed by atoms with E-state index in [2.05, 4.69) is 28.8 Å². The standard InChI is InChI=1S/C47H89N5O9P2/c1-3-5-7-9-11-13-15-17-19-21-23-25-27-29-31-33-35-58-62(54,55)60-38-41-37-43(52-40-49-44-45(52)50-47(48)51-46(44)53)42(41)39-61-63(56,57)59-36-34-32-30-28-26-24-22-20-18-16-14-12-10-8-6-4-2/h40-43H,3-39H2,1-2H3,(H,54,55)(H,56,57)(H3,48,50,51,53)/t41-,42-,43-/m1/s1. The van der Waals surface area contributed by atoms with Gasteiger partial charge in [-0.05, 0) is 25.2 Å². The van der Waals surface area contributed by atoms with E-state index >= 15 is 0 Å². The molecular weight excluding hydrogens is 840 g/mol. The largest absolute Gasteiger partial charge is 0.472 e. The lowest BCUT2D eigenvalue weighted by atomic mass is 9.70. The second kappa shape index (κ2) is 33.8. The fourth-order valence-electron chi connectivity index (χ4n) is 8.83. The van der Waals surface area contributed by atoms with E-state index in [9.17, 15) is 23.7 Å². The number of nitrogens with zero attached hydrogens (tertiary/aromatic N) is 3. The van der Waals surface area contributed by atoms with E-state index in [1.54, 1.807) is 4.57 Å². The lowest BCUT2D eigenvalue weighted by Crippen LogP contribution is -2.43. The molecule has 0 radical (unpaired) electrons. The van der Waals surface area contributed by atoms with Crippen molar-refractivity contribution in [3.8, 4) is 0 Å². The highest BCUT2D eigenvalue weighted by molar-refractivity contribution is 7.47. The lowest BCUT2D eigenvalue weighted by Gasteiger charge is -2.45. The quantitative estimate of drug-likeness (QED) is 0.0363. The number of H-pyrrole nitrogens is 1. The molecule has 1 aliphatic rings. The molecule has 5 N–H and O–H groups in total. The van der Waals surface area contributed by atoms with Crippen LogP contribution in [-0.4, -0.2) is 55.7 Å². The summed E-state index contributed by atoms with van der Waals surface area (Å²) in [5, 5.41) is 0. The first kappa shape index (κ1) is 55.7. The van der Waals surface area contributed by atoms with Gasteiger partial charge in [0.2, 0.25) is 5.95 Å². The summed E-state index contributed by atoms with van der Waals surface area (Å²) >= 11 is 0. The van der Waals surface area contributed by atoms with Crippen LogP contribution in [0.5, 0.6) is 0 Å². The van der Waals surface area contributed by atoms with Gasteiger partial charge in [-0.15, -0.1) is 0 Å². The van der Waals surface area contributed by atoms with Gasteiger partial charge < -0.3 is 20.1 Å². The maximum Gasteiger partial charge on any atom is 0.472 e. The molecule has 2 aromatic heterocycles. The molecule has 5 atom stereocenters. The Hall–Kier alpha value is -1.63. The molecule has 1 fully saturated rings. The van der Waals surface area contributed by atoms with Crippen LogP contribution in [0.1, 0.15) is 232 Å². The van der Waals surface area contributed by atoms with E-state index in [1.165, 1.54) is 160 Å². The van der Waals surface area contributed by atoms with Gasteiger partial charge in [-0.2, -0.15) is 4.98 Å². The van der Waals surface area contributed by atoms with Gasteiger partial charge in [0.15, 0.2) is 11.2 Å². The Bertz CT molecular complexity index is 1610. The number of nitrogens with two attached hydrogens (primary N) is 1. The van der Waals surface area contributed by atoms with Crippen molar-refractivity contribution in [2.75, 3.05) is 32.2 Å². The summed E-state index contributed by atoms with van der Waals surface area (Å²) in [6, 6.07) is -0.360. The molecule has 14 nitrogen and oxygen atoms in total. The van der Waals surface area contributed by atoms with Crippen LogP contribution in [0.15, 0.2) is 11.1 Å². The Morgan fingerprint density at radius 1 is 0.603 bits per heavy atom. The van der Waals surface area contributed by atoms with Crippen LogP contribution in [0.2, 0.25) is 0 Å². The van der Waals surface area contributed by atoms with Crippen molar-refractivity contribution in [2.24, 2.45) is 11.8 Å². The van der Waals surface area contributed by atoms with Gasteiger partial charge in [-0.25, -0.2) is 14.1 Å². The molecule has 0 aromatic carbocycles. The Morgan fingerprint density at radius 2 is 0.968 bits per heavy atom. The fourth-order valence-corrected chi connectivity index (χ4v) is 10.4. The van der Waals surface area contributed by atoms with Crippen LogP contribution in [-0.2, 0) is 27.2 Å². The minimum Gasteiger partial charge on any atom is -0.369 e. The first-order chi connectivity index (χ1) is 30.6. The van der Waals surface area contributed by atoms with E-state index in [0.717, 1.165) is 38.5 Å². The summed E-state index contributed by atoms with van der Waals surface area (Å²) in [6.45, 7) is 4.43. The fraction of sp³-hybridized carbons (Fsp3) is 0.894. The molecule has 0 spiro atoms. The van der Waals surface area contributed by atoms with Crippen molar-refractivity contribution < 1.29 is 37.0 Å². The Labute approximate surface area is 380 Å². The zero-order valence-electron chi connectivity index (χ0n) is 39.5. The maximum atomic E-state index is 13.0. The Balaban J connectivity index is 1.31. The van der Waals surface area contributed by atoms with Gasteiger partial charge in [0.05, 0.1) is 32.8 Å². The van der Waals surface area contributed by atoms with E-state index in [4.69, 9.17) is 23.8 Å². The van der Waals surface area contributed by atoms with Crippen molar-refractivity contribution in [2.45, 2.75) is 232 Å². The lowest BCUT2D eigenvalue weighted by molar-refractivity contribution is -0.0108. The Kier molecular flexibility index (Phi) is 29.9. The summed E-state index contributed by atoms with van der Waals surface area (Å²) in [7, 11) is -8.72. The number of nitrogens with one attached hydrogen (secondary N) is 1. The number of imidazole rings is 1. The average Bonchev–Trinajstić information content (AvgIpc) is 3.66. The van der Waals surface area contributed by atoms with Crippen molar-refractivity contribution in [3.63, 3.8) is 0 Å². The zero-order chi connectivity index (χ0) is 45.4. The van der Waals surface area contributed by atoms with Crippen molar-refractivity contribution in [1.29, 1.82) is 0 Å². The number of aromatic nitrogens is 4. The molecule has 16 heteroatoms. The minimum absolute atomic E-state index is 0.0636. The van der Waals surface area contributed by atoms with Gasteiger partial charge in [0.1, 0.15) is 0 Å². The van der Waals surface area contributed by atoms with Gasteiger partial charge in [-0.3, -0.25) is 27.9 Å². The smallest absolute Gasteiger partial charge is 0.369 e. The number of phosphoric acid groups is 2. The van der Waals surface area contributed by atoms with E-state index < -0.39 is 27.1 Å². The summed E-state index contributed by atoms with van der Waals surface area (Å²) in [4.78, 5) is 44.4. The van der Waals surface area contributed by atoms with Crippen LogP contribution in [0, 0.1) is 11.8 Å². The molecule has 63 heavy (non-hydrogen) atoms. The maximum absolute atomic E-state index is 13.0. The van der Waals surface area contributed by atoms with Crippen LogP contribution < -0.4 is 11.3 Å². The number of phosphoric ester groups is 2. The molecule has 0 bridgehead atoms. The number of rotatable bonds is 43. The van der Waals surface area contributed by atoms with Gasteiger partial charge in [0, 0.05) is 12.0 Å². The molecule has 1 saturated carbocycles. The van der Waals surface area contributed by atoms with Crippen LogP contribution in [0.25, 0.3) is 11.2 Å². The predicted octanol–water partition coefficient (Wildman–Crippen LogP) is 13.7. The average molecular weight is 930 g/mol. The number of nitrogen functional groups attached to an aromatic ring is 1. The predicted molar refractivity (Wildman–Crippen MR) is 256 cm³/mol. The third-order valence-electron chi connectivity index (χ3n) is 12.8. The summed E-state index contributed by atoms with van der Waals surface area (Å²) in [5.41, 5.74) is 5.74. The highest BCUT2D eigenvalue weighted by atomic mass is 31.2. The van der Waals surface area contributed by atoms with Crippen molar-refractivity contribution >= 4 is 32.8 Å². The third kappa shape index (κ3) is 24.6. The highest BCUT2D eigenvalue weighted by Crippen LogP contribution is 2.52. The number of aromatic amines is 1. The SMILES string of the molecule is CCCCCCCCCCCCCCCCCCOP(=O)(O)OC[C@H]1C[C@@H](n2cnc3c(=O)[nH]c(N)nc32)[C@@H]1COP(=O)(O)OCCCCCCCCCCCCCCCCCC. The van der Waals surface area contributed by atoms with E-state index in [0.29, 0.717) is 19.3 Å². The zero-order valence-corrected chi connectivity index (χ0v) is 41.3. The molecule has 1 aliphatic carbocycles. The molecule has 0 aliphatic heterocycles. The number of hydrogen-bond donors (Lipinski definition) is 4. The minimum atomic E-state index is -4.39. The molecular formula is C47H89N5O9P2. The second-order valence-electron chi connectivity index (χ2n) is 18.3. The third-order valence-corrected chi connectivity index (χ3v) is 14.8. The van der Waals surface area contributed by atoms with Gasteiger partial charge in [-0.1, -0.05) is 206 Å². The molecule has 366 valence electrons. The van der Waals surface area contributed by atoms with Crippen LogP contribution >= 0.6 is 15.6 Å². The summed E-state index contributed by atoms with van der Waals surface area (Å²) in [5.74, 6) is -0.845. The molecule has 3 rings (SSSR count). The highest BCUT2D eigenvalue weighted by Gasteiger charge is 2.45. The first-order valence-corrected chi connectivity index (χ1v) is 28.5. The number of anilines is 1. The normalized spacial score (nSPS) is 18.4. The van der Waals surface area contributed by atoms with Crippen molar-refractivity contribution in [3.05, 3.63) is 16.7 Å². The molecule has 2 aromatic rings. The van der Waals surface area contributed by atoms with Gasteiger partial charge >= 0.3 is 15.6 Å².